The van der Waals surface area contributed by atoms with Crippen molar-refractivity contribution in [1.29, 1.82) is 0 Å². The van der Waals surface area contributed by atoms with E-state index in [0.29, 0.717) is 22.8 Å². The molecule has 1 aliphatic rings. The van der Waals surface area contributed by atoms with E-state index in [-0.39, 0.29) is 6.54 Å². The van der Waals surface area contributed by atoms with E-state index in [2.05, 4.69) is 32.7 Å². The van der Waals surface area contributed by atoms with Crippen molar-refractivity contribution in [3.63, 3.8) is 0 Å². The van der Waals surface area contributed by atoms with Crippen molar-refractivity contribution in [2.24, 2.45) is 10.9 Å². The second-order valence-corrected chi connectivity index (χ2v) is 6.89. The van der Waals surface area contributed by atoms with Crippen LogP contribution in [0.1, 0.15) is 28.6 Å². The largest absolute Gasteiger partial charge is 0.434 e. The van der Waals surface area contributed by atoms with Crippen LogP contribution in [0.2, 0.25) is 0 Å². The maximum atomic E-state index is 12.5. The molecule has 2 aromatic rings. The zero-order valence-electron chi connectivity index (χ0n) is 13.7. The lowest BCUT2D eigenvalue weighted by molar-refractivity contribution is -0.140. The zero-order chi connectivity index (χ0) is 17.9. The molecular weight excluding hydrogens is 349 g/mol. The molecule has 1 heterocycles. The van der Waals surface area contributed by atoms with Crippen LogP contribution < -0.4 is 10.6 Å². The smallest absolute Gasteiger partial charge is 0.356 e. The van der Waals surface area contributed by atoms with Gasteiger partial charge < -0.3 is 10.6 Å². The molecule has 0 bridgehead atoms. The molecule has 0 radical (unpaired) electrons. The van der Waals surface area contributed by atoms with Gasteiger partial charge in [-0.2, -0.15) is 13.2 Å². The predicted octanol–water partition coefficient (Wildman–Crippen LogP) is 3.63. The Morgan fingerprint density at radius 1 is 1.28 bits per heavy atom. The maximum Gasteiger partial charge on any atom is 0.434 e. The van der Waals surface area contributed by atoms with Crippen LogP contribution in [0.3, 0.4) is 0 Å². The molecule has 0 saturated heterocycles. The summed E-state index contributed by atoms with van der Waals surface area (Å²) in [6, 6.07) is 10.4. The summed E-state index contributed by atoms with van der Waals surface area (Å²) in [6.45, 7) is 0.998. The Bertz CT molecular complexity index is 727. The minimum Gasteiger partial charge on any atom is -0.356 e. The first-order chi connectivity index (χ1) is 12.0. The fraction of sp³-hybridized carbons (Fsp3) is 0.412. The van der Waals surface area contributed by atoms with Crippen molar-refractivity contribution in [2.75, 3.05) is 13.6 Å². The summed E-state index contributed by atoms with van der Waals surface area (Å²) >= 11 is 0.987. The van der Waals surface area contributed by atoms with Crippen LogP contribution in [0.25, 0.3) is 0 Å². The summed E-state index contributed by atoms with van der Waals surface area (Å²) in [5.41, 5.74) is 0.501. The van der Waals surface area contributed by atoms with Gasteiger partial charge in [-0.1, -0.05) is 30.3 Å². The van der Waals surface area contributed by atoms with Gasteiger partial charge in [0.15, 0.2) is 11.7 Å². The second-order valence-electron chi connectivity index (χ2n) is 5.94. The molecule has 1 aromatic carbocycles. The number of halogens is 3. The van der Waals surface area contributed by atoms with Crippen LogP contribution >= 0.6 is 11.3 Å². The molecule has 2 N–H and O–H groups in total. The lowest BCUT2D eigenvalue weighted by Crippen LogP contribution is -2.38. The number of nitrogens with one attached hydrogen (secondary N) is 2. The molecule has 2 unspecified atom stereocenters. The summed E-state index contributed by atoms with van der Waals surface area (Å²) in [7, 11) is 1.64. The van der Waals surface area contributed by atoms with E-state index >= 15 is 0 Å². The third-order valence-electron chi connectivity index (χ3n) is 4.15. The van der Waals surface area contributed by atoms with Gasteiger partial charge in [-0.05, 0) is 23.8 Å². The van der Waals surface area contributed by atoms with E-state index in [1.807, 2.05) is 18.2 Å². The number of nitrogens with zero attached hydrogens (tertiary/aromatic N) is 2. The van der Waals surface area contributed by atoms with Gasteiger partial charge in [0.25, 0.3) is 0 Å². The highest BCUT2D eigenvalue weighted by Gasteiger charge is 2.38. The van der Waals surface area contributed by atoms with E-state index in [0.717, 1.165) is 29.7 Å². The van der Waals surface area contributed by atoms with Gasteiger partial charge in [-0.15, -0.1) is 11.3 Å². The molecule has 4 nitrogen and oxygen atoms in total. The summed E-state index contributed by atoms with van der Waals surface area (Å²) in [5, 5.41) is 7.65. The van der Waals surface area contributed by atoms with Crippen molar-refractivity contribution < 1.29 is 13.2 Å². The molecule has 0 aliphatic heterocycles. The minimum absolute atomic E-state index is 0.215. The summed E-state index contributed by atoms with van der Waals surface area (Å²) in [6.07, 6.45) is -3.26. The van der Waals surface area contributed by atoms with Gasteiger partial charge in [0.05, 0.1) is 6.54 Å². The number of thiazole rings is 1. The Morgan fingerprint density at radius 2 is 2.04 bits per heavy atom. The van der Waals surface area contributed by atoms with E-state index < -0.39 is 11.9 Å². The second kappa shape index (κ2) is 7.43. The monoisotopic (exact) mass is 368 g/mol. The molecule has 8 heteroatoms. The quantitative estimate of drug-likeness (QED) is 0.626. The van der Waals surface area contributed by atoms with Gasteiger partial charge in [0.1, 0.15) is 5.01 Å². The van der Waals surface area contributed by atoms with Gasteiger partial charge in [0.2, 0.25) is 0 Å². The fourth-order valence-electron chi connectivity index (χ4n) is 2.71. The molecule has 1 aromatic heterocycles. The Hall–Kier alpha value is -2.09. The van der Waals surface area contributed by atoms with Crippen molar-refractivity contribution in [1.82, 2.24) is 15.6 Å². The minimum atomic E-state index is -4.40. The highest BCUT2D eigenvalue weighted by Crippen LogP contribution is 2.46. The normalized spacial score (nSPS) is 20.4. The van der Waals surface area contributed by atoms with Crippen LogP contribution in [-0.2, 0) is 12.7 Å². The Balaban J connectivity index is 1.44. The summed E-state index contributed by atoms with van der Waals surface area (Å²) in [4.78, 5) is 7.70. The number of hydrogen-bond donors (Lipinski definition) is 2. The average Bonchev–Trinajstić information content (AvgIpc) is 3.20. The first-order valence-electron chi connectivity index (χ1n) is 7.98. The predicted molar refractivity (Wildman–Crippen MR) is 92.6 cm³/mol. The molecular formula is C17H19F3N4S. The third kappa shape index (κ3) is 4.72. The van der Waals surface area contributed by atoms with Crippen LogP contribution in [0.15, 0.2) is 40.7 Å². The number of hydrogen-bond acceptors (Lipinski definition) is 3. The van der Waals surface area contributed by atoms with Gasteiger partial charge in [-0.25, -0.2) is 4.98 Å². The van der Waals surface area contributed by atoms with Crippen LogP contribution in [0, 0.1) is 5.92 Å². The van der Waals surface area contributed by atoms with Crippen molar-refractivity contribution >= 4 is 17.3 Å². The van der Waals surface area contributed by atoms with Crippen molar-refractivity contribution in [3.8, 4) is 0 Å². The Labute approximate surface area is 148 Å². The third-order valence-corrected chi connectivity index (χ3v) is 5.00. The van der Waals surface area contributed by atoms with Crippen LogP contribution in [0.4, 0.5) is 13.2 Å². The number of aliphatic imine (C=N–C) groups is 1. The van der Waals surface area contributed by atoms with E-state index in [4.69, 9.17) is 0 Å². The summed E-state index contributed by atoms with van der Waals surface area (Å²) in [5.74, 6) is 1.69. The highest BCUT2D eigenvalue weighted by molar-refractivity contribution is 7.09. The first kappa shape index (κ1) is 17.7. The molecule has 1 saturated carbocycles. The molecule has 1 aliphatic carbocycles. The van der Waals surface area contributed by atoms with Crippen molar-refractivity contribution in [2.45, 2.75) is 25.1 Å². The lowest BCUT2D eigenvalue weighted by Gasteiger charge is -2.10. The zero-order valence-corrected chi connectivity index (χ0v) is 14.5. The molecule has 0 amide bonds. The topological polar surface area (TPSA) is 49.3 Å². The Morgan fingerprint density at radius 3 is 2.68 bits per heavy atom. The SMILES string of the molecule is CN=C(NCc1nc(C(F)(F)F)cs1)NCC1CC1c1ccccc1. The van der Waals surface area contributed by atoms with Gasteiger partial charge >= 0.3 is 6.18 Å². The first-order valence-corrected chi connectivity index (χ1v) is 8.86. The number of guanidine groups is 1. The average molecular weight is 368 g/mol. The molecule has 25 heavy (non-hydrogen) atoms. The van der Waals surface area contributed by atoms with Gasteiger partial charge in [-0.3, -0.25) is 4.99 Å². The van der Waals surface area contributed by atoms with E-state index in [1.54, 1.807) is 7.05 Å². The molecule has 0 spiro atoms. The molecule has 134 valence electrons. The maximum absolute atomic E-state index is 12.5. The van der Waals surface area contributed by atoms with Crippen LogP contribution in [-0.4, -0.2) is 24.5 Å². The number of alkyl halides is 3. The van der Waals surface area contributed by atoms with Crippen LogP contribution in [0.5, 0.6) is 0 Å². The molecule has 1 fully saturated rings. The molecule has 3 rings (SSSR count). The Kier molecular flexibility index (Phi) is 5.27. The van der Waals surface area contributed by atoms with Crippen molar-refractivity contribution in [3.05, 3.63) is 52.0 Å². The van der Waals surface area contributed by atoms with E-state index in [1.165, 1.54) is 5.56 Å². The fourth-order valence-corrected chi connectivity index (χ4v) is 3.45. The highest BCUT2D eigenvalue weighted by atomic mass is 32.1. The summed E-state index contributed by atoms with van der Waals surface area (Å²) < 4.78 is 37.6. The van der Waals surface area contributed by atoms with E-state index in [9.17, 15) is 13.2 Å². The standard InChI is InChI=1S/C17H19F3N4S/c1-21-16(23-9-15-24-14(10-25-15)17(18,19)20)22-8-12-7-13(12)11-5-3-2-4-6-11/h2-6,10,12-13H,7-9H2,1H3,(H2,21,22,23). The molecule has 2 atom stereocenters. The number of aromatic nitrogens is 1. The number of rotatable bonds is 5. The van der Waals surface area contributed by atoms with Gasteiger partial charge in [0, 0.05) is 19.0 Å². The lowest BCUT2D eigenvalue weighted by atomic mass is 10.1. The number of benzene rings is 1.